The van der Waals surface area contributed by atoms with E-state index in [1.807, 2.05) is 18.2 Å². The van der Waals surface area contributed by atoms with E-state index in [2.05, 4.69) is 53.1 Å². The van der Waals surface area contributed by atoms with Gasteiger partial charge in [-0.3, -0.25) is 0 Å². The molecule has 0 spiro atoms. The minimum Gasteiger partial charge on any atom is -0.486 e. The lowest BCUT2D eigenvalue weighted by molar-refractivity contribution is 0.171. The van der Waals surface area contributed by atoms with E-state index < -0.39 is 0 Å². The molecule has 0 fully saturated rings. The molecule has 27 heavy (non-hydrogen) atoms. The lowest BCUT2D eigenvalue weighted by Gasteiger charge is -2.19. The lowest BCUT2D eigenvalue weighted by atomic mass is 10.0. The maximum Gasteiger partial charge on any atom is 0.170 e. The number of hydrogen-bond donors (Lipinski definition) is 2. The first kappa shape index (κ1) is 17.6. The Morgan fingerprint density at radius 3 is 2.67 bits per heavy atom. The SMILES string of the molecule is S=C(NCCCc1cccc2ccccc12)Nc1ccc2c(c1)OCCO2. The van der Waals surface area contributed by atoms with Crippen molar-refractivity contribution < 1.29 is 9.47 Å². The summed E-state index contributed by atoms with van der Waals surface area (Å²) in [6, 6.07) is 20.8. The first-order valence-corrected chi connectivity index (χ1v) is 9.61. The highest BCUT2D eigenvalue weighted by molar-refractivity contribution is 7.80. The second-order valence-corrected chi connectivity index (χ2v) is 6.89. The number of benzene rings is 3. The Bertz CT molecular complexity index is 953. The topological polar surface area (TPSA) is 42.5 Å². The fraction of sp³-hybridized carbons (Fsp3) is 0.227. The molecule has 0 aromatic heterocycles. The molecule has 1 aliphatic rings. The Kier molecular flexibility index (Phi) is 5.39. The van der Waals surface area contributed by atoms with Gasteiger partial charge in [-0.25, -0.2) is 0 Å². The van der Waals surface area contributed by atoms with Crippen LogP contribution in [0, 0.1) is 0 Å². The van der Waals surface area contributed by atoms with Gasteiger partial charge < -0.3 is 20.1 Å². The van der Waals surface area contributed by atoms with E-state index in [0.29, 0.717) is 18.3 Å². The average molecular weight is 378 g/mol. The van der Waals surface area contributed by atoms with E-state index in [1.54, 1.807) is 0 Å². The predicted molar refractivity (Wildman–Crippen MR) is 114 cm³/mol. The van der Waals surface area contributed by atoms with E-state index in [4.69, 9.17) is 21.7 Å². The molecule has 2 N–H and O–H groups in total. The summed E-state index contributed by atoms with van der Waals surface area (Å²) in [5.74, 6) is 1.53. The molecule has 138 valence electrons. The Morgan fingerprint density at radius 2 is 1.74 bits per heavy atom. The van der Waals surface area contributed by atoms with Crippen LogP contribution in [-0.2, 0) is 6.42 Å². The van der Waals surface area contributed by atoms with Crippen LogP contribution < -0.4 is 20.1 Å². The quantitative estimate of drug-likeness (QED) is 0.504. The van der Waals surface area contributed by atoms with E-state index in [-0.39, 0.29) is 0 Å². The summed E-state index contributed by atoms with van der Waals surface area (Å²) in [6.45, 7) is 1.99. The molecule has 4 rings (SSSR count). The van der Waals surface area contributed by atoms with Crippen molar-refractivity contribution in [3.63, 3.8) is 0 Å². The van der Waals surface area contributed by atoms with Crippen molar-refractivity contribution in [2.75, 3.05) is 25.1 Å². The molecule has 0 radical (unpaired) electrons. The molecule has 0 saturated heterocycles. The van der Waals surface area contributed by atoms with Gasteiger partial charge in [0.15, 0.2) is 16.6 Å². The van der Waals surface area contributed by atoms with Gasteiger partial charge in [0.25, 0.3) is 0 Å². The van der Waals surface area contributed by atoms with Crippen LogP contribution in [-0.4, -0.2) is 24.9 Å². The molecular formula is C22H22N2O2S. The number of thiocarbonyl (C=S) groups is 1. The molecular weight excluding hydrogens is 356 g/mol. The van der Waals surface area contributed by atoms with Gasteiger partial charge >= 0.3 is 0 Å². The molecule has 1 heterocycles. The van der Waals surface area contributed by atoms with Gasteiger partial charge in [0.2, 0.25) is 0 Å². The number of nitrogens with one attached hydrogen (secondary N) is 2. The van der Waals surface area contributed by atoms with Gasteiger partial charge in [0.05, 0.1) is 0 Å². The highest BCUT2D eigenvalue weighted by Crippen LogP contribution is 2.32. The van der Waals surface area contributed by atoms with E-state index in [0.717, 1.165) is 36.6 Å². The van der Waals surface area contributed by atoms with Crippen LogP contribution in [0.4, 0.5) is 5.69 Å². The highest BCUT2D eigenvalue weighted by Gasteiger charge is 2.12. The first-order valence-electron chi connectivity index (χ1n) is 9.21. The number of ether oxygens (including phenoxy) is 2. The molecule has 0 bridgehead atoms. The summed E-state index contributed by atoms with van der Waals surface area (Å²) in [5, 5.41) is 9.72. The van der Waals surface area contributed by atoms with Gasteiger partial charge in [-0.2, -0.15) is 0 Å². The van der Waals surface area contributed by atoms with E-state index in [1.165, 1.54) is 16.3 Å². The Labute approximate surface area is 164 Å². The van der Waals surface area contributed by atoms with Crippen molar-refractivity contribution in [2.45, 2.75) is 12.8 Å². The summed E-state index contributed by atoms with van der Waals surface area (Å²) in [5.41, 5.74) is 2.27. The lowest BCUT2D eigenvalue weighted by Crippen LogP contribution is -2.29. The maximum atomic E-state index is 5.60. The summed E-state index contributed by atoms with van der Waals surface area (Å²) >= 11 is 5.40. The van der Waals surface area contributed by atoms with Crippen molar-refractivity contribution in [1.82, 2.24) is 5.32 Å². The molecule has 0 aliphatic carbocycles. The zero-order valence-electron chi connectivity index (χ0n) is 15.0. The predicted octanol–water partition coefficient (Wildman–Crippen LogP) is 4.53. The van der Waals surface area contributed by atoms with Crippen LogP contribution in [0.2, 0.25) is 0 Å². The number of rotatable bonds is 5. The monoisotopic (exact) mass is 378 g/mol. The Balaban J connectivity index is 1.27. The minimum atomic E-state index is 0.577. The third kappa shape index (κ3) is 4.31. The third-order valence-corrected chi connectivity index (χ3v) is 4.83. The van der Waals surface area contributed by atoms with Crippen molar-refractivity contribution in [1.29, 1.82) is 0 Å². The molecule has 3 aromatic rings. The van der Waals surface area contributed by atoms with Crippen molar-refractivity contribution in [3.8, 4) is 11.5 Å². The standard InChI is InChI=1S/C22H22N2O2S/c27-22(24-18-10-11-20-21(15-18)26-14-13-25-20)23-12-4-8-17-7-3-6-16-5-1-2-9-19(16)17/h1-3,5-7,9-11,15H,4,8,12-14H2,(H2,23,24,27). The zero-order valence-corrected chi connectivity index (χ0v) is 15.9. The van der Waals surface area contributed by atoms with Crippen LogP contribution in [0.5, 0.6) is 11.5 Å². The summed E-state index contributed by atoms with van der Waals surface area (Å²) in [6.07, 6.45) is 2.03. The maximum absolute atomic E-state index is 5.60. The van der Waals surface area contributed by atoms with Gasteiger partial charge in [-0.1, -0.05) is 42.5 Å². The zero-order chi connectivity index (χ0) is 18.5. The molecule has 0 amide bonds. The van der Waals surface area contributed by atoms with Crippen LogP contribution in [0.3, 0.4) is 0 Å². The molecule has 3 aromatic carbocycles. The van der Waals surface area contributed by atoms with Crippen LogP contribution in [0.15, 0.2) is 60.7 Å². The largest absolute Gasteiger partial charge is 0.486 e. The first-order chi connectivity index (χ1) is 13.3. The number of fused-ring (bicyclic) bond motifs is 2. The fourth-order valence-corrected chi connectivity index (χ4v) is 3.51. The average Bonchev–Trinajstić information content (AvgIpc) is 2.71. The van der Waals surface area contributed by atoms with Gasteiger partial charge in [0.1, 0.15) is 13.2 Å². The molecule has 0 atom stereocenters. The van der Waals surface area contributed by atoms with Crippen LogP contribution >= 0.6 is 12.2 Å². The highest BCUT2D eigenvalue weighted by atomic mass is 32.1. The smallest absolute Gasteiger partial charge is 0.170 e. The summed E-state index contributed by atoms with van der Waals surface area (Å²) < 4.78 is 11.1. The number of anilines is 1. The van der Waals surface area contributed by atoms with Gasteiger partial charge in [-0.15, -0.1) is 0 Å². The summed E-state index contributed by atoms with van der Waals surface area (Å²) in [7, 11) is 0. The van der Waals surface area contributed by atoms with Gasteiger partial charge in [0, 0.05) is 18.3 Å². The van der Waals surface area contributed by atoms with Crippen LogP contribution in [0.1, 0.15) is 12.0 Å². The van der Waals surface area contributed by atoms with Crippen molar-refractivity contribution >= 4 is 33.8 Å². The Morgan fingerprint density at radius 1 is 0.926 bits per heavy atom. The van der Waals surface area contributed by atoms with Crippen LogP contribution in [0.25, 0.3) is 10.8 Å². The molecule has 0 saturated carbocycles. The van der Waals surface area contributed by atoms with E-state index in [9.17, 15) is 0 Å². The van der Waals surface area contributed by atoms with Crippen molar-refractivity contribution in [2.24, 2.45) is 0 Å². The molecule has 1 aliphatic heterocycles. The minimum absolute atomic E-state index is 0.577. The summed E-state index contributed by atoms with van der Waals surface area (Å²) in [4.78, 5) is 0. The second-order valence-electron chi connectivity index (χ2n) is 6.48. The molecule has 5 heteroatoms. The van der Waals surface area contributed by atoms with E-state index >= 15 is 0 Å². The third-order valence-electron chi connectivity index (χ3n) is 4.59. The number of aryl methyl sites for hydroxylation is 1. The normalized spacial score (nSPS) is 12.6. The van der Waals surface area contributed by atoms with Crippen molar-refractivity contribution in [3.05, 3.63) is 66.2 Å². The Hall–Kier alpha value is -2.79. The second kappa shape index (κ2) is 8.27. The fourth-order valence-electron chi connectivity index (χ4n) is 3.29. The molecule has 4 nitrogen and oxygen atoms in total. The number of hydrogen-bond acceptors (Lipinski definition) is 3. The van der Waals surface area contributed by atoms with Gasteiger partial charge in [-0.05, 0) is 53.5 Å². The molecule has 0 unspecified atom stereocenters.